The smallest absolute Gasteiger partial charge is 0.0478 e. The zero-order valence-corrected chi connectivity index (χ0v) is 26.0. The van der Waals surface area contributed by atoms with E-state index in [1.54, 1.807) is 55.5 Å². The fourth-order valence-electron chi connectivity index (χ4n) is 6.78. The van der Waals surface area contributed by atoms with E-state index in [1.165, 1.54) is 96.3 Å². The van der Waals surface area contributed by atoms with Crippen LogP contribution in [0, 0.1) is 0 Å². The highest BCUT2D eigenvalue weighted by Crippen LogP contribution is 2.43. The molecule has 0 radical (unpaired) electrons. The van der Waals surface area contributed by atoms with Crippen LogP contribution in [0.3, 0.4) is 0 Å². The van der Waals surface area contributed by atoms with Crippen molar-refractivity contribution in [2.24, 2.45) is 0 Å². The van der Waals surface area contributed by atoms with Gasteiger partial charge in [0.2, 0.25) is 0 Å². The lowest BCUT2D eigenvalue weighted by atomic mass is 10.1. The zero-order chi connectivity index (χ0) is 24.0. The average Bonchev–Trinajstić information content (AvgIpc) is 2.82. The zero-order valence-electron chi connectivity index (χ0n) is 24.0. The van der Waals surface area contributed by atoms with Crippen LogP contribution in [0.5, 0.6) is 0 Å². The van der Waals surface area contributed by atoms with E-state index in [0.29, 0.717) is 0 Å². The van der Waals surface area contributed by atoms with Crippen molar-refractivity contribution < 1.29 is 0 Å². The van der Waals surface area contributed by atoms with Gasteiger partial charge in [-0.2, -0.15) is 0 Å². The molecule has 0 saturated heterocycles. The van der Waals surface area contributed by atoms with Gasteiger partial charge in [0.25, 0.3) is 0 Å². The van der Waals surface area contributed by atoms with Crippen LogP contribution in [0.4, 0.5) is 0 Å². The van der Waals surface area contributed by atoms with Crippen LogP contribution in [0.15, 0.2) is 0 Å². The lowest BCUT2D eigenvalue weighted by Crippen LogP contribution is -2.61. The minimum absolute atomic E-state index is 1.08. The van der Waals surface area contributed by atoms with E-state index in [9.17, 15) is 0 Å². The Morgan fingerprint density at radius 2 is 0.531 bits per heavy atom. The molecule has 2 heteroatoms. The molecule has 0 bridgehead atoms. The van der Waals surface area contributed by atoms with Gasteiger partial charge in [-0.15, -0.1) is 0 Å². The Kier molecular flexibility index (Phi) is 22.2. The Bertz CT molecular complexity index is 326. The van der Waals surface area contributed by atoms with Gasteiger partial charge in [-0.05, 0) is 0 Å². The lowest BCUT2D eigenvalue weighted by molar-refractivity contribution is 0.608. The van der Waals surface area contributed by atoms with E-state index in [1.807, 2.05) is 0 Å². The fourth-order valence-corrected chi connectivity index (χ4v) is 28.8. The molecule has 194 valence electrons. The third-order valence-electron chi connectivity index (χ3n) is 9.18. The summed E-state index contributed by atoms with van der Waals surface area (Å²) >= 11 is 0. The molecule has 0 fully saturated rings. The molecule has 0 rings (SSSR count). The summed E-state index contributed by atoms with van der Waals surface area (Å²) in [5.41, 5.74) is 0. The number of rotatable bonds is 25. The first kappa shape index (κ1) is 32.4. The second-order valence-electron chi connectivity index (χ2n) is 11.2. The van der Waals surface area contributed by atoms with Crippen molar-refractivity contribution in [2.45, 2.75) is 193 Å². The molecule has 0 saturated carbocycles. The minimum atomic E-state index is -1.14. The first-order valence-electron chi connectivity index (χ1n) is 15.6. The van der Waals surface area contributed by atoms with Gasteiger partial charge in [-0.25, -0.2) is 0 Å². The maximum Gasteiger partial charge on any atom is 0.0478 e. The first-order valence-corrected chi connectivity index (χ1v) is 21.9. The van der Waals surface area contributed by atoms with Crippen LogP contribution >= 0.6 is 0 Å². The summed E-state index contributed by atoms with van der Waals surface area (Å²) in [5.74, 6) is 0. The molecular weight excluding hydrogens is 417 g/mol. The first-order chi connectivity index (χ1) is 15.6. The van der Waals surface area contributed by atoms with Gasteiger partial charge in [0.15, 0.2) is 0 Å². The molecule has 0 heterocycles. The van der Waals surface area contributed by atoms with Crippen molar-refractivity contribution in [2.75, 3.05) is 0 Å². The highest BCUT2D eigenvalue weighted by Gasteiger charge is 2.49. The van der Waals surface area contributed by atoms with E-state index >= 15 is 0 Å². The van der Waals surface area contributed by atoms with Crippen molar-refractivity contribution in [3.8, 4) is 0 Å². The van der Waals surface area contributed by atoms with Gasteiger partial charge >= 0.3 is 0 Å². The molecule has 0 N–H and O–H groups in total. The standard InChI is InChI=1S/C30H66Si2/c1-7-13-16-19-22-25-28-32(31(10-4,11-5)12-6,29-26-23-20-17-14-8-2)30-27-24-21-18-15-9-3/h7-30H2,1-6H3. The summed E-state index contributed by atoms with van der Waals surface area (Å²) in [6, 6.07) is 9.91. The van der Waals surface area contributed by atoms with E-state index in [4.69, 9.17) is 0 Å². The molecule has 0 spiro atoms. The monoisotopic (exact) mass is 482 g/mol. The molecule has 0 aromatic carbocycles. The van der Waals surface area contributed by atoms with Crippen LogP contribution in [0.25, 0.3) is 0 Å². The predicted molar refractivity (Wildman–Crippen MR) is 157 cm³/mol. The highest BCUT2D eigenvalue weighted by molar-refractivity contribution is 7.42. The van der Waals surface area contributed by atoms with Crippen molar-refractivity contribution in [1.82, 2.24) is 0 Å². The maximum atomic E-state index is 2.62. The summed E-state index contributed by atoms with van der Waals surface area (Å²) < 4.78 is 0. The van der Waals surface area contributed by atoms with Crippen molar-refractivity contribution in [3.05, 3.63) is 0 Å². The van der Waals surface area contributed by atoms with Crippen molar-refractivity contribution in [1.29, 1.82) is 0 Å². The number of unbranched alkanes of at least 4 members (excludes halogenated alkanes) is 15. The molecule has 0 unspecified atom stereocenters. The number of hydrogen-bond donors (Lipinski definition) is 0. The SMILES string of the molecule is CCCCCCCC[Si](CCCCCCCC)(CCCCCCCC)[Si](CC)(CC)CC. The lowest BCUT2D eigenvalue weighted by Gasteiger charge is -2.49. The van der Waals surface area contributed by atoms with Gasteiger partial charge < -0.3 is 0 Å². The Morgan fingerprint density at radius 3 is 0.781 bits per heavy atom. The second-order valence-corrected chi connectivity index (χ2v) is 26.3. The molecular formula is C30H66Si2. The fraction of sp³-hybridized carbons (Fsp3) is 1.00. The van der Waals surface area contributed by atoms with Crippen molar-refractivity contribution in [3.63, 3.8) is 0 Å². The largest absolute Gasteiger partial charge is 0.0680 e. The Hall–Kier alpha value is 0.434. The molecule has 0 aliphatic rings. The third-order valence-corrected chi connectivity index (χ3v) is 31.6. The average molecular weight is 483 g/mol. The molecule has 0 aromatic heterocycles. The Morgan fingerprint density at radius 1 is 0.281 bits per heavy atom. The van der Waals surface area contributed by atoms with Gasteiger partial charge in [-0.1, -0.05) is 193 Å². The number of hydrogen-bond acceptors (Lipinski definition) is 0. The molecule has 32 heavy (non-hydrogen) atoms. The minimum Gasteiger partial charge on any atom is -0.0680 e. The van der Waals surface area contributed by atoms with E-state index in [-0.39, 0.29) is 0 Å². The summed E-state index contributed by atoms with van der Waals surface area (Å²) in [5, 5.41) is 0. The summed E-state index contributed by atoms with van der Waals surface area (Å²) in [4.78, 5) is 0. The molecule has 0 amide bonds. The van der Waals surface area contributed by atoms with Gasteiger partial charge in [-0.3, -0.25) is 0 Å². The van der Waals surface area contributed by atoms with E-state index < -0.39 is 15.2 Å². The molecule has 0 aliphatic carbocycles. The molecule has 0 aromatic rings. The van der Waals surface area contributed by atoms with Gasteiger partial charge in [0.05, 0.1) is 0 Å². The highest BCUT2D eigenvalue weighted by atomic mass is 29.3. The van der Waals surface area contributed by atoms with E-state index in [2.05, 4.69) is 41.5 Å². The topological polar surface area (TPSA) is 0 Å². The van der Waals surface area contributed by atoms with Crippen LogP contribution in [0.1, 0.15) is 157 Å². The van der Waals surface area contributed by atoms with Gasteiger partial charge in [0.1, 0.15) is 0 Å². The van der Waals surface area contributed by atoms with Crippen LogP contribution in [-0.4, -0.2) is 15.2 Å². The Labute approximate surface area is 208 Å². The third kappa shape index (κ3) is 12.8. The normalized spacial score (nSPS) is 12.6. The summed E-state index contributed by atoms with van der Waals surface area (Å²) in [6.07, 6.45) is 26.8. The van der Waals surface area contributed by atoms with E-state index in [0.717, 1.165) is 0 Å². The summed E-state index contributed by atoms with van der Waals surface area (Å²) in [7, 11) is -2.23. The van der Waals surface area contributed by atoms with Crippen molar-refractivity contribution >= 4 is 15.2 Å². The molecule has 0 aliphatic heterocycles. The Balaban J connectivity index is 5.22. The van der Waals surface area contributed by atoms with Crippen LogP contribution < -0.4 is 0 Å². The molecule has 0 atom stereocenters. The predicted octanol–water partition coefficient (Wildman–Crippen LogP) is 12.1. The molecule has 0 nitrogen and oxygen atoms in total. The van der Waals surface area contributed by atoms with Gasteiger partial charge in [0, 0.05) is 15.2 Å². The second kappa shape index (κ2) is 21.9. The quantitative estimate of drug-likeness (QED) is 0.0895. The van der Waals surface area contributed by atoms with Crippen LogP contribution in [0.2, 0.25) is 36.3 Å². The summed E-state index contributed by atoms with van der Waals surface area (Å²) in [6.45, 7) is 14.9. The maximum absolute atomic E-state index is 2.62. The van der Waals surface area contributed by atoms with Crippen LogP contribution in [-0.2, 0) is 0 Å².